The summed E-state index contributed by atoms with van der Waals surface area (Å²) in [4.78, 5) is 16.5. The Morgan fingerprint density at radius 2 is 1.95 bits per heavy atom. The number of urea groups is 1. The van der Waals surface area contributed by atoms with E-state index in [0.29, 0.717) is 6.04 Å². The molecule has 2 saturated heterocycles. The number of carbonyl (C=O) groups excluding carboxylic acids is 1. The fourth-order valence-electron chi connectivity index (χ4n) is 2.93. The average molecular weight is 305 g/mol. The van der Waals surface area contributed by atoms with Crippen LogP contribution < -0.4 is 21.1 Å². The summed E-state index contributed by atoms with van der Waals surface area (Å²) in [6, 6.07) is 8.01. The van der Waals surface area contributed by atoms with Gasteiger partial charge in [-0.05, 0) is 12.1 Å². The molecule has 0 unspecified atom stereocenters. The van der Waals surface area contributed by atoms with Crippen LogP contribution in [-0.2, 0) is 4.74 Å². The number of hydrazine groups is 1. The van der Waals surface area contributed by atoms with Crippen molar-refractivity contribution < 1.29 is 9.53 Å². The van der Waals surface area contributed by atoms with Crippen LogP contribution >= 0.6 is 0 Å². The molecule has 0 radical (unpaired) electrons. The molecule has 1 aromatic rings. The summed E-state index contributed by atoms with van der Waals surface area (Å²) >= 11 is 0. The monoisotopic (exact) mass is 305 g/mol. The smallest absolute Gasteiger partial charge is 0.336 e. The summed E-state index contributed by atoms with van der Waals surface area (Å²) in [6.45, 7) is 5.57. The normalized spacial score (nSPS) is 19.6. The summed E-state index contributed by atoms with van der Waals surface area (Å²) < 4.78 is 5.27. The zero-order valence-corrected chi connectivity index (χ0v) is 12.9. The molecule has 22 heavy (non-hydrogen) atoms. The maximum absolute atomic E-state index is 11.8. The molecule has 7 heteroatoms. The van der Waals surface area contributed by atoms with Gasteiger partial charge in [-0.15, -0.1) is 0 Å². The molecular formula is C15H23N5O2. The van der Waals surface area contributed by atoms with Crippen LogP contribution in [0.15, 0.2) is 24.3 Å². The first-order chi connectivity index (χ1) is 10.7. The minimum atomic E-state index is -0.322. The molecule has 0 bridgehead atoms. The third-order valence-electron chi connectivity index (χ3n) is 4.37. The molecular weight excluding hydrogens is 282 g/mol. The molecule has 1 aromatic carbocycles. The number of nitrogens with one attached hydrogen (secondary N) is 1. The number of ether oxygens (including phenoxy) is 1. The summed E-state index contributed by atoms with van der Waals surface area (Å²) in [5, 5.41) is 3.72. The maximum atomic E-state index is 11.8. The number of piperazine rings is 1. The van der Waals surface area contributed by atoms with Crippen molar-refractivity contribution in [1.82, 2.24) is 10.2 Å². The van der Waals surface area contributed by atoms with Gasteiger partial charge in [-0.25, -0.2) is 15.6 Å². The van der Waals surface area contributed by atoms with Gasteiger partial charge in [0.15, 0.2) is 0 Å². The predicted octanol–water partition coefficient (Wildman–Crippen LogP) is 0.227. The Hall–Kier alpha value is -1.83. The minimum Gasteiger partial charge on any atom is -0.378 e. The van der Waals surface area contributed by atoms with Crippen molar-refractivity contribution in [2.45, 2.75) is 6.04 Å². The second kappa shape index (κ2) is 6.51. The molecule has 7 nitrogen and oxygen atoms in total. The lowest BCUT2D eigenvalue weighted by Gasteiger charge is -2.43. The van der Waals surface area contributed by atoms with Gasteiger partial charge in [-0.3, -0.25) is 4.90 Å². The zero-order chi connectivity index (χ0) is 15.5. The largest absolute Gasteiger partial charge is 0.378 e. The van der Waals surface area contributed by atoms with Crippen molar-refractivity contribution in [2.75, 3.05) is 56.3 Å². The summed E-state index contributed by atoms with van der Waals surface area (Å²) in [5.41, 5.74) is 1.72. The molecule has 0 spiro atoms. The first kappa shape index (κ1) is 15.1. The summed E-state index contributed by atoms with van der Waals surface area (Å²) in [5.74, 6) is 5.93. The zero-order valence-electron chi connectivity index (χ0n) is 12.9. The van der Waals surface area contributed by atoms with Gasteiger partial charge in [0.2, 0.25) is 0 Å². The van der Waals surface area contributed by atoms with Crippen LogP contribution in [0.2, 0.25) is 0 Å². The minimum absolute atomic E-state index is 0.322. The molecule has 3 N–H and O–H groups in total. The van der Waals surface area contributed by atoms with E-state index in [9.17, 15) is 4.79 Å². The Bertz CT molecular complexity index is 526. The van der Waals surface area contributed by atoms with Crippen LogP contribution in [0.5, 0.6) is 0 Å². The first-order valence-electron chi connectivity index (χ1n) is 7.63. The van der Waals surface area contributed by atoms with Gasteiger partial charge in [-0.1, -0.05) is 12.1 Å². The van der Waals surface area contributed by atoms with Gasteiger partial charge >= 0.3 is 6.03 Å². The Morgan fingerprint density at radius 3 is 2.55 bits per heavy atom. The number of benzene rings is 1. The fourth-order valence-corrected chi connectivity index (χ4v) is 2.93. The van der Waals surface area contributed by atoms with Crippen molar-refractivity contribution in [1.29, 1.82) is 0 Å². The van der Waals surface area contributed by atoms with Crippen LogP contribution in [0, 0.1) is 0 Å². The first-order valence-corrected chi connectivity index (χ1v) is 7.63. The van der Waals surface area contributed by atoms with Crippen molar-refractivity contribution in [3.63, 3.8) is 0 Å². The number of nitrogens with two attached hydrogens (primary N) is 1. The second-order valence-electron chi connectivity index (χ2n) is 5.63. The number of rotatable bonds is 3. The van der Waals surface area contributed by atoms with E-state index in [1.807, 2.05) is 24.3 Å². The lowest BCUT2D eigenvalue weighted by molar-refractivity contribution is -0.0660. The van der Waals surface area contributed by atoms with E-state index < -0.39 is 0 Å². The van der Waals surface area contributed by atoms with Crippen LogP contribution in [0.1, 0.15) is 0 Å². The van der Waals surface area contributed by atoms with Crippen LogP contribution in [0.3, 0.4) is 0 Å². The molecule has 0 aliphatic carbocycles. The van der Waals surface area contributed by atoms with Gasteiger partial charge in [0.1, 0.15) is 0 Å². The lowest BCUT2D eigenvalue weighted by atomic mass is 10.1. The highest BCUT2D eigenvalue weighted by Crippen LogP contribution is 2.29. The van der Waals surface area contributed by atoms with E-state index >= 15 is 0 Å². The highest BCUT2D eigenvalue weighted by Gasteiger charge is 2.29. The van der Waals surface area contributed by atoms with Crippen LogP contribution in [-0.4, -0.2) is 63.4 Å². The van der Waals surface area contributed by atoms with E-state index in [2.05, 4.69) is 15.1 Å². The van der Waals surface area contributed by atoms with Gasteiger partial charge in [0.25, 0.3) is 0 Å². The van der Waals surface area contributed by atoms with Gasteiger partial charge < -0.3 is 15.0 Å². The number of amides is 2. The third kappa shape index (κ3) is 2.87. The van der Waals surface area contributed by atoms with Gasteiger partial charge in [0, 0.05) is 33.2 Å². The molecule has 0 saturated carbocycles. The molecule has 3 rings (SSSR count). The van der Waals surface area contributed by atoms with E-state index in [4.69, 9.17) is 10.6 Å². The number of para-hydroxylation sites is 2. The van der Waals surface area contributed by atoms with Crippen molar-refractivity contribution in [2.24, 2.45) is 5.84 Å². The molecule has 0 aromatic heterocycles. The number of anilines is 2. The molecule has 0 atom stereocenters. The Kier molecular flexibility index (Phi) is 4.47. The summed E-state index contributed by atoms with van der Waals surface area (Å²) in [7, 11) is 1.57. The van der Waals surface area contributed by atoms with Crippen molar-refractivity contribution >= 4 is 17.4 Å². The van der Waals surface area contributed by atoms with Gasteiger partial charge in [-0.2, -0.15) is 0 Å². The lowest BCUT2D eigenvalue weighted by Crippen LogP contribution is -2.57. The molecule has 2 fully saturated rings. The Labute approximate surface area is 130 Å². The van der Waals surface area contributed by atoms with Gasteiger partial charge in [0.05, 0.1) is 30.6 Å². The average Bonchev–Trinajstić information content (AvgIpc) is 2.52. The quantitative estimate of drug-likeness (QED) is 0.475. The van der Waals surface area contributed by atoms with Crippen LogP contribution in [0.4, 0.5) is 16.2 Å². The highest BCUT2D eigenvalue weighted by molar-refractivity contribution is 5.94. The number of carbonyl (C=O) groups is 1. The number of hydrogen-bond acceptors (Lipinski definition) is 5. The van der Waals surface area contributed by atoms with Crippen molar-refractivity contribution in [3.8, 4) is 0 Å². The third-order valence-corrected chi connectivity index (χ3v) is 4.37. The highest BCUT2D eigenvalue weighted by atomic mass is 16.5. The predicted molar refractivity (Wildman–Crippen MR) is 86.0 cm³/mol. The van der Waals surface area contributed by atoms with Crippen LogP contribution in [0.25, 0.3) is 0 Å². The molecule has 2 aliphatic heterocycles. The second-order valence-corrected chi connectivity index (χ2v) is 5.63. The maximum Gasteiger partial charge on any atom is 0.336 e. The molecule has 120 valence electrons. The fraction of sp³-hybridized carbons (Fsp3) is 0.533. The van der Waals surface area contributed by atoms with Crippen molar-refractivity contribution in [3.05, 3.63) is 24.3 Å². The standard InChI is InChI=1S/C15H23N5O2/c1-17-15(21)20(16)14-5-3-2-4-13(14)19-8-6-18(7-9-19)12-10-22-11-12/h2-5,12H,6-11,16H2,1H3,(H,17,21). The van der Waals surface area contributed by atoms with E-state index in [1.165, 1.54) is 5.01 Å². The van der Waals surface area contributed by atoms with E-state index in [1.54, 1.807) is 7.05 Å². The van der Waals surface area contributed by atoms with E-state index in [0.717, 1.165) is 50.8 Å². The molecule has 2 aliphatic rings. The summed E-state index contributed by atoms with van der Waals surface area (Å²) in [6.07, 6.45) is 0. The number of hydrogen-bond donors (Lipinski definition) is 2. The number of nitrogens with zero attached hydrogens (tertiary/aromatic N) is 3. The Balaban J connectivity index is 1.71. The molecule has 2 amide bonds. The van der Waals surface area contributed by atoms with E-state index in [-0.39, 0.29) is 6.03 Å². The Morgan fingerprint density at radius 1 is 1.27 bits per heavy atom. The molecule has 2 heterocycles. The SMILES string of the molecule is CNC(=O)N(N)c1ccccc1N1CCN(C2COC2)CC1. The topological polar surface area (TPSA) is 74.1 Å².